The van der Waals surface area contributed by atoms with Gasteiger partial charge in [0.1, 0.15) is 0 Å². The van der Waals surface area contributed by atoms with Crippen LogP contribution in [0.25, 0.3) is 10.9 Å². The maximum Gasteiger partial charge on any atom is 0.317 e. The van der Waals surface area contributed by atoms with Crippen LogP contribution in [-0.4, -0.2) is 59.1 Å². The summed E-state index contributed by atoms with van der Waals surface area (Å²) in [5.74, 6) is 0.480. The average Bonchev–Trinajstić information content (AvgIpc) is 3.00. The Balaban J connectivity index is 1.66. The fraction of sp³-hybridized carbons (Fsp3) is 0.609. The van der Waals surface area contributed by atoms with Crippen molar-refractivity contribution in [2.45, 2.75) is 65.0 Å². The van der Waals surface area contributed by atoms with Gasteiger partial charge in [-0.1, -0.05) is 19.1 Å². The molecule has 5 nitrogen and oxygen atoms in total. The molecule has 1 aliphatic carbocycles. The van der Waals surface area contributed by atoms with Gasteiger partial charge >= 0.3 is 6.03 Å². The van der Waals surface area contributed by atoms with Crippen molar-refractivity contribution in [2.75, 3.05) is 26.2 Å². The predicted octanol–water partition coefficient (Wildman–Crippen LogP) is 4.02. The van der Waals surface area contributed by atoms with E-state index in [-0.39, 0.29) is 12.1 Å². The first kappa shape index (κ1) is 19.3. The van der Waals surface area contributed by atoms with Crippen LogP contribution < -0.4 is 5.32 Å². The molecule has 0 bridgehead atoms. The highest BCUT2D eigenvalue weighted by Crippen LogP contribution is 2.44. The third-order valence-electron chi connectivity index (χ3n) is 6.80. The molecule has 2 aliphatic rings. The van der Waals surface area contributed by atoms with Crippen LogP contribution in [0.15, 0.2) is 18.2 Å². The molecule has 0 radical (unpaired) electrons. The Morgan fingerprint density at radius 2 is 2.07 bits per heavy atom. The molecule has 1 fully saturated rings. The number of hydrogen-bond donors (Lipinski definition) is 2. The first-order chi connectivity index (χ1) is 13.6. The third kappa shape index (κ3) is 3.20. The number of carbonyl (C=O) groups is 1. The number of benzene rings is 1. The Morgan fingerprint density at radius 1 is 1.29 bits per heavy atom. The molecule has 1 aromatic heterocycles. The number of fused-ring (bicyclic) bond motifs is 2. The second-order valence-corrected chi connectivity index (χ2v) is 8.43. The van der Waals surface area contributed by atoms with Crippen LogP contribution in [0.1, 0.15) is 56.4 Å². The minimum Gasteiger partial charge on any atom is -0.358 e. The summed E-state index contributed by atoms with van der Waals surface area (Å²) in [5, 5.41) is 4.78. The molecule has 152 valence electrons. The molecule has 4 rings (SSSR count). The fourth-order valence-corrected chi connectivity index (χ4v) is 5.49. The molecule has 2 heterocycles. The van der Waals surface area contributed by atoms with Crippen molar-refractivity contribution in [2.24, 2.45) is 0 Å². The van der Waals surface area contributed by atoms with E-state index in [0.29, 0.717) is 12.0 Å². The lowest BCUT2D eigenvalue weighted by Crippen LogP contribution is -2.57. The number of nitrogens with zero attached hydrogens (tertiary/aromatic N) is 2. The van der Waals surface area contributed by atoms with Crippen LogP contribution in [-0.2, 0) is 6.42 Å². The van der Waals surface area contributed by atoms with Gasteiger partial charge in [-0.3, -0.25) is 4.90 Å². The SMILES string of the molecule is CCCN1CC(NC(=O)N(CC)CC)C[C@@H]2c3cccc4[nH]c(C)c(c34)C[C@H]21. The van der Waals surface area contributed by atoms with Gasteiger partial charge in [0.2, 0.25) is 0 Å². The molecule has 1 unspecified atom stereocenters. The standard InChI is InChI=1S/C23H34N4O/c1-5-11-27-14-16(25-23(28)26(6-2)7-3)12-19-17-9-8-10-20-22(17)18(13-21(19)27)15(4)24-20/h8-10,16,19,21,24H,5-7,11-14H2,1-4H3,(H,25,28)/t16?,19-,21-/m1/s1. The van der Waals surface area contributed by atoms with Crippen LogP contribution in [0.5, 0.6) is 0 Å². The van der Waals surface area contributed by atoms with Gasteiger partial charge in [0.25, 0.3) is 0 Å². The van der Waals surface area contributed by atoms with E-state index in [9.17, 15) is 4.79 Å². The van der Waals surface area contributed by atoms with Crippen molar-refractivity contribution in [3.63, 3.8) is 0 Å². The number of aromatic nitrogens is 1. The van der Waals surface area contributed by atoms with E-state index in [1.807, 2.05) is 18.7 Å². The van der Waals surface area contributed by atoms with Crippen molar-refractivity contribution in [3.8, 4) is 0 Å². The van der Waals surface area contributed by atoms with E-state index in [1.54, 1.807) is 0 Å². The number of rotatable bonds is 5. The van der Waals surface area contributed by atoms with Gasteiger partial charge < -0.3 is 15.2 Å². The maximum absolute atomic E-state index is 12.7. The topological polar surface area (TPSA) is 51.4 Å². The van der Waals surface area contributed by atoms with E-state index in [0.717, 1.165) is 45.4 Å². The molecule has 2 N–H and O–H groups in total. The summed E-state index contributed by atoms with van der Waals surface area (Å²) in [6.45, 7) is 12.1. The number of nitrogens with one attached hydrogen (secondary N) is 2. The second-order valence-electron chi connectivity index (χ2n) is 8.43. The third-order valence-corrected chi connectivity index (χ3v) is 6.80. The van der Waals surface area contributed by atoms with E-state index in [2.05, 4.69) is 47.2 Å². The quantitative estimate of drug-likeness (QED) is 0.821. The molecule has 5 heteroatoms. The summed E-state index contributed by atoms with van der Waals surface area (Å²) in [6, 6.07) is 7.52. The van der Waals surface area contributed by atoms with Crippen LogP contribution in [0.3, 0.4) is 0 Å². The van der Waals surface area contributed by atoms with Crippen LogP contribution >= 0.6 is 0 Å². The van der Waals surface area contributed by atoms with Gasteiger partial charge in [0.15, 0.2) is 0 Å². The summed E-state index contributed by atoms with van der Waals surface area (Å²) >= 11 is 0. The number of urea groups is 1. The number of likely N-dealkylation sites (tertiary alicyclic amines) is 1. The monoisotopic (exact) mass is 382 g/mol. The van der Waals surface area contributed by atoms with Gasteiger partial charge in [-0.25, -0.2) is 4.79 Å². The lowest BCUT2D eigenvalue weighted by Gasteiger charge is -2.47. The zero-order valence-corrected chi connectivity index (χ0v) is 17.7. The van der Waals surface area contributed by atoms with E-state index < -0.39 is 0 Å². The Labute approximate surface area is 168 Å². The molecule has 2 aromatic rings. The number of H-pyrrole nitrogens is 1. The normalized spacial score (nSPS) is 24.2. The number of piperidine rings is 1. The highest BCUT2D eigenvalue weighted by Gasteiger charge is 2.41. The van der Waals surface area contributed by atoms with Crippen LogP contribution in [0, 0.1) is 6.92 Å². The van der Waals surface area contributed by atoms with Gasteiger partial charge in [-0.15, -0.1) is 0 Å². The molecule has 1 aromatic carbocycles. The Bertz CT molecular complexity index is 854. The second kappa shape index (κ2) is 7.78. The number of aryl methyl sites for hydroxylation is 1. The first-order valence-corrected chi connectivity index (χ1v) is 11.0. The van der Waals surface area contributed by atoms with E-state index in [1.165, 1.54) is 27.7 Å². The van der Waals surface area contributed by atoms with Gasteiger partial charge in [-0.2, -0.15) is 0 Å². The van der Waals surface area contributed by atoms with E-state index >= 15 is 0 Å². The van der Waals surface area contributed by atoms with Gasteiger partial charge in [-0.05, 0) is 63.8 Å². The summed E-state index contributed by atoms with van der Waals surface area (Å²) < 4.78 is 0. The lowest BCUT2D eigenvalue weighted by molar-refractivity contribution is 0.0979. The van der Waals surface area contributed by atoms with Crippen molar-refractivity contribution in [1.82, 2.24) is 20.1 Å². The lowest BCUT2D eigenvalue weighted by atomic mass is 9.73. The van der Waals surface area contributed by atoms with Crippen molar-refractivity contribution >= 4 is 16.9 Å². The van der Waals surface area contributed by atoms with Crippen LogP contribution in [0.4, 0.5) is 4.79 Å². The molecule has 0 spiro atoms. The molecule has 28 heavy (non-hydrogen) atoms. The maximum atomic E-state index is 12.7. The highest BCUT2D eigenvalue weighted by molar-refractivity contribution is 5.89. The highest BCUT2D eigenvalue weighted by atomic mass is 16.2. The molecule has 2 amide bonds. The molecular weight excluding hydrogens is 348 g/mol. The minimum absolute atomic E-state index is 0.0806. The number of hydrogen-bond acceptors (Lipinski definition) is 2. The number of amides is 2. The van der Waals surface area contributed by atoms with Crippen LogP contribution in [0.2, 0.25) is 0 Å². The molecule has 0 saturated carbocycles. The molecule has 1 aliphatic heterocycles. The minimum atomic E-state index is 0.0806. The summed E-state index contributed by atoms with van der Waals surface area (Å²) in [6.07, 6.45) is 3.29. The smallest absolute Gasteiger partial charge is 0.317 e. The Hall–Kier alpha value is -2.01. The summed E-state index contributed by atoms with van der Waals surface area (Å²) in [5.41, 5.74) is 5.55. The average molecular weight is 383 g/mol. The predicted molar refractivity (Wildman–Crippen MR) is 115 cm³/mol. The largest absolute Gasteiger partial charge is 0.358 e. The first-order valence-electron chi connectivity index (χ1n) is 11.0. The molecule has 1 saturated heterocycles. The van der Waals surface area contributed by atoms with Crippen molar-refractivity contribution in [3.05, 3.63) is 35.0 Å². The van der Waals surface area contributed by atoms with E-state index in [4.69, 9.17) is 0 Å². The molecular formula is C23H34N4O. The van der Waals surface area contributed by atoms with Crippen molar-refractivity contribution < 1.29 is 4.79 Å². The molecule has 3 atom stereocenters. The summed E-state index contributed by atoms with van der Waals surface area (Å²) in [4.78, 5) is 20.8. The number of aromatic amines is 1. The van der Waals surface area contributed by atoms with Crippen molar-refractivity contribution in [1.29, 1.82) is 0 Å². The van der Waals surface area contributed by atoms with Gasteiger partial charge in [0.05, 0.1) is 0 Å². The zero-order chi connectivity index (χ0) is 19.8. The zero-order valence-electron chi connectivity index (χ0n) is 17.7. The fourth-order valence-electron chi connectivity index (χ4n) is 5.49. The number of carbonyl (C=O) groups excluding carboxylic acids is 1. The Morgan fingerprint density at radius 3 is 2.79 bits per heavy atom. The summed E-state index contributed by atoms with van der Waals surface area (Å²) in [7, 11) is 0. The Kier molecular flexibility index (Phi) is 5.37. The van der Waals surface area contributed by atoms with Gasteiger partial charge in [0, 0.05) is 54.2 Å².